The molecule has 0 radical (unpaired) electrons. The molecule has 0 aliphatic carbocycles. The molecule has 3 aromatic rings. The number of methoxy groups -OCH3 is 1. The molecule has 0 unspecified atom stereocenters. The van der Waals surface area contributed by atoms with E-state index < -0.39 is 0 Å². The fourth-order valence-corrected chi connectivity index (χ4v) is 4.08. The highest BCUT2D eigenvalue weighted by molar-refractivity contribution is 7.22. The molecular weight excluding hydrogens is 342 g/mol. The number of thiazole rings is 2. The van der Waals surface area contributed by atoms with Gasteiger partial charge in [0.1, 0.15) is 10.6 Å². The number of aromatic nitrogens is 2. The third-order valence-electron chi connectivity index (χ3n) is 3.46. The van der Waals surface area contributed by atoms with Gasteiger partial charge in [-0.3, -0.25) is 10.1 Å². The Labute approximate surface area is 148 Å². The zero-order chi connectivity index (χ0) is 17.5. The van der Waals surface area contributed by atoms with Crippen molar-refractivity contribution in [1.82, 2.24) is 9.97 Å². The van der Waals surface area contributed by atoms with Crippen molar-refractivity contribution in [2.45, 2.75) is 33.1 Å². The third kappa shape index (κ3) is 3.27. The maximum absolute atomic E-state index is 12.6. The second-order valence-corrected chi connectivity index (χ2v) is 8.52. The molecule has 2 aromatic heterocycles. The summed E-state index contributed by atoms with van der Waals surface area (Å²) in [6.45, 7) is 8.14. The standard InChI is InChI=1S/C17H19N3O2S2/c1-9-13(24-15(18-9)17(2,3)4)14(21)20-16-19-11-7-6-10(22-5)8-12(11)23-16/h6-8H,1-5H3,(H,19,20,21). The van der Waals surface area contributed by atoms with Gasteiger partial charge in [-0.2, -0.15) is 0 Å². The van der Waals surface area contributed by atoms with Gasteiger partial charge in [-0.05, 0) is 25.1 Å². The lowest BCUT2D eigenvalue weighted by Crippen LogP contribution is -2.11. The topological polar surface area (TPSA) is 64.1 Å². The first kappa shape index (κ1) is 16.9. The van der Waals surface area contributed by atoms with Gasteiger partial charge in [0.15, 0.2) is 5.13 Å². The van der Waals surface area contributed by atoms with Crippen LogP contribution in [-0.4, -0.2) is 23.0 Å². The van der Waals surface area contributed by atoms with Gasteiger partial charge in [-0.15, -0.1) is 11.3 Å². The first-order valence-corrected chi connectivity index (χ1v) is 9.15. The van der Waals surface area contributed by atoms with Crippen LogP contribution in [0, 0.1) is 6.92 Å². The number of nitrogens with zero attached hydrogens (tertiary/aromatic N) is 2. The van der Waals surface area contributed by atoms with Gasteiger partial charge in [-0.25, -0.2) is 9.97 Å². The summed E-state index contributed by atoms with van der Waals surface area (Å²) in [4.78, 5) is 22.2. The summed E-state index contributed by atoms with van der Waals surface area (Å²) in [5, 5.41) is 4.42. The van der Waals surface area contributed by atoms with Gasteiger partial charge in [0.2, 0.25) is 0 Å². The quantitative estimate of drug-likeness (QED) is 0.739. The van der Waals surface area contributed by atoms with Gasteiger partial charge < -0.3 is 4.74 Å². The molecule has 0 aliphatic rings. The third-order valence-corrected chi connectivity index (χ3v) is 5.98. The number of anilines is 1. The largest absolute Gasteiger partial charge is 0.497 e. The molecule has 1 N–H and O–H groups in total. The average Bonchev–Trinajstić information content (AvgIpc) is 3.08. The van der Waals surface area contributed by atoms with Crippen LogP contribution in [0.4, 0.5) is 5.13 Å². The van der Waals surface area contributed by atoms with Crippen LogP contribution in [0.2, 0.25) is 0 Å². The minimum Gasteiger partial charge on any atom is -0.497 e. The summed E-state index contributed by atoms with van der Waals surface area (Å²) < 4.78 is 6.19. The zero-order valence-electron chi connectivity index (χ0n) is 14.3. The minimum atomic E-state index is -0.161. The van der Waals surface area contributed by atoms with Gasteiger partial charge in [-0.1, -0.05) is 32.1 Å². The normalized spacial score (nSPS) is 11.7. The maximum Gasteiger partial charge on any atom is 0.269 e. The molecule has 0 aliphatic heterocycles. The zero-order valence-corrected chi connectivity index (χ0v) is 15.9. The highest BCUT2D eigenvalue weighted by Gasteiger charge is 2.23. The first-order valence-electron chi connectivity index (χ1n) is 7.52. The molecule has 0 atom stereocenters. The van der Waals surface area contributed by atoms with Crippen LogP contribution in [0.25, 0.3) is 10.2 Å². The second kappa shape index (κ2) is 6.14. The lowest BCUT2D eigenvalue weighted by atomic mass is 9.98. The smallest absolute Gasteiger partial charge is 0.269 e. The Morgan fingerprint density at radius 1 is 1.21 bits per heavy atom. The Bertz CT molecular complexity index is 906. The molecule has 0 spiro atoms. The number of carbonyl (C=O) groups excluding carboxylic acids is 1. The van der Waals surface area contributed by atoms with Crippen molar-refractivity contribution in [1.29, 1.82) is 0 Å². The van der Waals surface area contributed by atoms with Gasteiger partial charge in [0.05, 0.1) is 28.0 Å². The fourth-order valence-electron chi connectivity index (χ4n) is 2.17. The number of nitrogens with one attached hydrogen (secondary N) is 1. The number of benzene rings is 1. The van der Waals surface area contributed by atoms with E-state index in [1.54, 1.807) is 7.11 Å². The summed E-state index contributed by atoms with van der Waals surface area (Å²) in [6, 6.07) is 5.66. The Balaban J connectivity index is 1.86. The van der Waals surface area contributed by atoms with Crippen molar-refractivity contribution < 1.29 is 9.53 Å². The van der Waals surface area contributed by atoms with Crippen molar-refractivity contribution in [2.24, 2.45) is 0 Å². The SMILES string of the molecule is COc1ccc2nc(NC(=O)c3sc(C(C)(C)C)nc3C)sc2c1. The summed E-state index contributed by atoms with van der Waals surface area (Å²) in [7, 11) is 1.63. The predicted octanol–water partition coefficient (Wildman–Crippen LogP) is 4.62. The molecule has 1 amide bonds. The fraction of sp³-hybridized carbons (Fsp3) is 0.353. The molecule has 0 bridgehead atoms. The van der Waals surface area contributed by atoms with E-state index in [-0.39, 0.29) is 11.3 Å². The summed E-state index contributed by atoms with van der Waals surface area (Å²) in [5.41, 5.74) is 1.53. The molecule has 2 heterocycles. The Hall–Kier alpha value is -1.99. The Kier molecular flexibility index (Phi) is 4.31. The molecular formula is C17H19N3O2S2. The van der Waals surface area contributed by atoms with Crippen molar-refractivity contribution in [3.8, 4) is 5.75 Å². The second-order valence-electron chi connectivity index (χ2n) is 6.49. The lowest BCUT2D eigenvalue weighted by molar-refractivity contribution is 0.103. The predicted molar refractivity (Wildman–Crippen MR) is 99.7 cm³/mol. The van der Waals surface area contributed by atoms with E-state index in [1.165, 1.54) is 22.7 Å². The van der Waals surface area contributed by atoms with Gasteiger partial charge >= 0.3 is 0 Å². The molecule has 24 heavy (non-hydrogen) atoms. The van der Waals surface area contributed by atoms with Crippen LogP contribution < -0.4 is 10.1 Å². The van der Waals surface area contributed by atoms with Crippen LogP contribution in [0.5, 0.6) is 5.75 Å². The van der Waals surface area contributed by atoms with Gasteiger partial charge in [0.25, 0.3) is 5.91 Å². The molecule has 7 heteroatoms. The summed E-state index contributed by atoms with van der Waals surface area (Å²) in [6.07, 6.45) is 0. The van der Waals surface area contributed by atoms with E-state index >= 15 is 0 Å². The number of aryl methyl sites for hydroxylation is 1. The summed E-state index contributed by atoms with van der Waals surface area (Å²) in [5.74, 6) is 0.615. The summed E-state index contributed by atoms with van der Waals surface area (Å²) >= 11 is 2.87. The van der Waals surface area contributed by atoms with Gasteiger partial charge in [0, 0.05) is 5.41 Å². The van der Waals surface area contributed by atoms with E-state index in [4.69, 9.17) is 4.74 Å². The molecule has 0 saturated heterocycles. The number of hydrogen-bond donors (Lipinski definition) is 1. The molecule has 0 fully saturated rings. The van der Waals surface area contributed by atoms with Crippen molar-refractivity contribution in [3.63, 3.8) is 0 Å². The Morgan fingerprint density at radius 3 is 2.58 bits per heavy atom. The van der Waals surface area contributed by atoms with Crippen molar-refractivity contribution >= 4 is 43.9 Å². The number of fused-ring (bicyclic) bond motifs is 1. The highest BCUT2D eigenvalue weighted by Crippen LogP contribution is 2.32. The minimum absolute atomic E-state index is 0.0691. The molecule has 0 saturated carbocycles. The monoisotopic (exact) mass is 361 g/mol. The lowest BCUT2D eigenvalue weighted by Gasteiger charge is -2.13. The van der Waals surface area contributed by atoms with E-state index in [1.807, 2.05) is 25.1 Å². The number of amides is 1. The van der Waals surface area contributed by atoms with E-state index in [0.717, 1.165) is 26.7 Å². The number of rotatable bonds is 3. The van der Waals surface area contributed by atoms with Crippen molar-refractivity contribution in [2.75, 3.05) is 12.4 Å². The van der Waals surface area contributed by atoms with E-state index in [2.05, 4.69) is 36.1 Å². The number of carbonyl (C=O) groups is 1. The van der Waals surface area contributed by atoms with Crippen LogP contribution >= 0.6 is 22.7 Å². The van der Waals surface area contributed by atoms with Crippen LogP contribution in [-0.2, 0) is 5.41 Å². The maximum atomic E-state index is 12.6. The van der Waals surface area contributed by atoms with Crippen LogP contribution in [0.1, 0.15) is 41.1 Å². The average molecular weight is 361 g/mol. The molecule has 126 valence electrons. The van der Waals surface area contributed by atoms with Crippen LogP contribution in [0.15, 0.2) is 18.2 Å². The number of hydrogen-bond acceptors (Lipinski definition) is 6. The van der Waals surface area contributed by atoms with Crippen LogP contribution in [0.3, 0.4) is 0 Å². The molecule has 3 rings (SSSR count). The van der Waals surface area contributed by atoms with E-state index in [9.17, 15) is 4.79 Å². The number of ether oxygens (including phenoxy) is 1. The van der Waals surface area contributed by atoms with E-state index in [0.29, 0.717) is 10.0 Å². The highest BCUT2D eigenvalue weighted by atomic mass is 32.1. The Morgan fingerprint density at radius 2 is 1.96 bits per heavy atom. The molecule has 1 aromatic carbocycles. The van der Waals surface area contributed by atoms with Crippen molar-refractivity contribution in [3.05, 3.63) is 33.8 Å². The first-order chi connectivity index (χ1) is 11.3. The molecule has 5 nitrogen and oxygen atoms in total.